The number of nitrogens with one attached hydrogen (secondary N) is 1. The first kappa shape index (κ1) is 33.0. The van der Waals surface area contributed by atoms with Crippen LogP contribution in [0.3, 0.4) is 0 Å². The first-order valence-electron chi connectivity index (χ1n) is 14.1. The third kappa shape index (κ3) is 8.59. The maximum Gasteiger partial charge on any atom is 0.407 e. The number of alkyl carbamates (subject to hydrolysis) is 1. The first-order chi connectivity index (χ1) is 20.9. The highest BCUT2D eigenvalue weighted by molar-refractivity contribution is 7.89. The topological polar surface area (TPSA) is 142 Å². The van der Waals surface area contributed by atoms with Crippen molar-refractivity contribution in [2.45, 2.75) is 50.8 Å². The number of amides is 2. The van der Waals surface area contributed by atoms with Gasteiger partial charge in [0.2, 0.25) is 15.9 Å². The van der Waals surface area contributed by atoms with E-state index in [1.54, 1.807) is 37.6 Å². The minimum Gasteiger partial charge on any atom is -0.445 e. The van der Waals surface area contributed by atoms with Crippen molar-refractivity contribution in [2.75, 3.05) is 25.0 Å². The Kier molecular flexibility index (Phi) is 11.0. The van der Waals surface area contributed by atoms with Crippen molar-refractivity contribution in [3.63, 3.8) is 0 Å². The molecule has 0 fully saturated rings. The van der Waals surface area contributed by atoms with E-state index in [1.165, 1.54) is 39.6 Å². The van der Waals surface area contributed by atoms with Gasteiger partial charge in [-0.3, -0.25) is 14.7 Å². The summed E-state index contributed by atoms with van der Waals surface area (Å²) in [6.45, 7) is 5.08. The molecule has 2 aromatic heterocycles. The second kappa shape index (κ2) is 14.7. The smallest absolute Gasteiger partial charge is 0.407 e. The summed E-state index contributed by atoms with van der Waals surface area (Å²) in [5.41, 5.74) is 2.13. The molecule has 234 valence electrons. The molecule has 2 atom stereocenters. The van der Waals surface area contributed by atoms with Crippen LogP contribution in [0, 0.1) is 5.92 Å². The molecule has 0 spiro atoms. The Bertz CT molecular complexity index is 1660. The van der Waals surface area contributed by atoms with Gasteiger partial charge in [-0.15, -0.1) is 0 Å². The minimum atomic E-state index is -4.07. The fraction of sp³-hybridized carbons (Fsp3) is 0.355. The number of pyridine rings is 1. The van der Waals surface area contributed by atoms with Crippen molar-refractivity contribution < 1.29 is 27.9 Å². The molecule has 0 aliphatic heterocycles. The minimum absolute atomic E-state index is 0.00828. The Balaban J connectivity index is 1.57. The lowest BCUT2D eigenvalue weighted by Crippen LogP contribution is -2.51. The van der Waals surface area contributed by atoms with Gasteiger partial charge in [0, 0.05) is 45.0 Å². The van der Waals surface area contributed by atoms with E-state index in [1.807, 2.05) is 44.2 Å². The Hall–Kier alpha value is -3.91. The number of benzene rings is 2. The lowest BCUT2D eigenvalue weighted by atomic mass is 10.0. The lowest BCUT2D eigenvalue weighted by molar-refractivity contribution is -0.116. The van der Waals surface area contributed by atoms with E-state index < -0.39 is 28.3 Å². The van der Waals surface area contributed by atoms with Crippen molar-refractivity contribution >= 4 is 48.7 Å². The molecule has 0 radical (unpaired) electrons. The summed E-state index contributed by atoms with van der Waals surface area (Å²) in [4.78, 5) is 34.5. The molecule has 4 aromatic rings. The van der Waals surface area contributed by atoms with Crippen LogP contribution in [-0.4, -0.2) is 72.1 Å². The van der Waals surface area contributed by atoms with Gasteiger partial charge in [0.05, 0.1) is 27.3 Å². The summed E-state index contributed by atoms with van der Waals surface area (Å²) in [5, 5.41) is 14.7. The molecule has 0 aliphatic rings. The summed E-state index contributed by atoms with van der Waals surface area (Å²) in [6, 6.07) is 16.6. The van der Waals surface area contributed by atoms with Gasteiger partial charge in [-0.2, -0.15) is 4.31 Å². The van der Waals surface area contributed by atoms with Crippen LogP contribution in [0.2, 0.25) is 0 Å². The van der Waals surface area contributed by atoms with Crippen molar-refractivity contribution in [3.8, 4) is 0 Å². The highest BCUT2D eigenvalue weighted by Crippen LogP contribution is 2.31. The number of anilines is 1. The molecule has 0 saturated carbocycles. The average Bonchev–Trinajstić information content (AvgIpc) is 3.43. The first-order valence-corrected chi connectivity index (χ1v) is 16.4. The number of sulfonamides is 1. The summed E-state index contributed by atoms with van der Waals surface area (Å²) in [6.07, 6.45) is 1.45. The number of ether oxygens (including phenoxy) is 1. The van der Waals surface area contributed by atoms with Gasteiger partial charge in [0.25, 0.3) is 0 Å². The van der Waals surface area contributed by atoms with Gasteiger partial charge < -0.3 is 15.2 Å². The van der Waals surface area contributed by atoms with Crippen LogP contribution in [0.1, 0.15) is 31.9 Å². The maximum absolute atomic E-state index is 14.0. The molecular weight excluding hydrogens is 603 g/mol. The van der Waals surface area contributed by atoms with Crippen LogP contribution < -0.4 is 10.2 Å². The fourth-order valence-corrected chi connectivity index (χ4v) is 7.20. The van der Waals surface area contributed by atoms with Gasteiger partial charge in [0.1, 0.15) is 6.61 Å². The van der Waals surface area contributed by atoms with Gasteiger partial charge in [-0.25, -0.2) is 18.2 Å². The summed E-state index contributed by atoms with van der Waals surface area (Å²) < 4.78 is 35.2. The van der Waals surface area contributed by atoms with Crippen molar-refractivity contribution in [3.05, 3.63) is 84.2 Å². The van der Waals surface area contributed by atoms with E-state index in [4.69, 9.17) is 4.74 Å². The third-order valence-electron chi connectivity index (χ3n) is 6.86. The number of carbonyl (C=O) groups excluding carboxylic acids is 2. The van der Waals surface area contributed by atoms with Crippen LogP contribution in [0.5, 0.6) is 0 Å². The Labute approximate surface area is 261 Å². The Morgan fingerprint density at radius 2 is 1.77 bits per heavy atom. The van der Waals surface area contributed by atoms with Crippen LogP contribution in [0.25, 0.3) is 10.2 Å². The average molecular weight is 640 g/mol. The van der Waals surface area contributed by atoms with E-state index >= 15 is 0 Å². The number of aliphatic hydroxyl groups excluding tert-OH is 1. The number of hydrogen-bond donors (Lipinski definition) is 2. The lowest BCUT2D eigenvalue weighted by Gasteiger charge is -2.30. The number of carbonyl (C=O) groups is 2. The van der Waals surface area contributed by atoms with E-state index in [0.717, 1.165) is 5.56 Å². The SMILES string of the molecule is CC(=O)N(C)c1nc2ccc(S(=O)(=O)N(CC(C)C)C[C@@H](O)[C@H](Cc3ccccc3)NC(=O)OCc3cccnc3)cc2s1. The summed E-state index contributed by atoms with van der Waals surface area (Å²) >= 11 is 1.22. The molecule has 11 nitrogen and oxygen atoms in total. The normalized spacial score (nSPS) is 13.2. The number of rotatable bonds is 13. The predicted octanol–water partition coefficient (Wildman–Crippen LogP) is 4.22. The monoisotopic (exact) mass is 639 g/mol. The number of hydrogen-bond acceptors (Lipinski definition) is 9. The van der Waals surface area contributed by atoms with Gasteiger partial charge in [-0.05, 0) is 42.2 Å². The quantitative estimate of drug-likeness (QED) is 0.222. The van der Waals surface area contributed by atoms with Crippen LogP contribution >= 0.6 is 11.3 Å². The number of nitrogens with zero attached hydrogens (tertiary/aromatic N) is 4. The molecule has 13 heteroatoms. The number of fused-ring (bicyclic) bond motifs is 1. The summed E-state index contributed by atoms with van der Waals surface area (Å²) in [7, 11) is -2.46. The molecule has 2 heterocycles. The van der Waals surface area contributed by atoms with Gasteiger partial charge in [0.15, 0.2) is 5.13 Å². The Morgan fingerprint density at radius 3 is 2.43 bits per heavy atom. The molecule has 0 unspecified atom stereocenters. The maximum atomic E-state index is 14.0. The fourth-order valence-electron chi connectivity index (χ4n) is 4.47. The van der Waals surface area contributed by atoms with Crippen molar-refractivity contribution in [2.24, 2.45) is 5.92 Å². The zero-order valence-electron chi connectivity index (χ0n) is 25.1. The number of aromatic nitrogens is 2. The standard InChI is InChI=1S/C31H37N5O6S2/c1-21(2)18-36(44(40,41)25-12-13-26-29(16-25)43-30(33-26)35(4)22(3)37)19-28(38)27(15-23-9-6-5-7-10-23)34-31(39)42-20-24-11-8-14-32-17-24/h5-14,16-17,21,27-28,38H,15,18-20H2,1-4H3,(H,34,39)/t27-,28+/m0/s1. The number of thiazole rings is 1. The molecule has 0 aliphatic carbocycles. The molecule has 44 heavy (non-hydrogen) atoms. The highest BCUT2D eigenvalue weighted by Gasteiger charge is 2.32. The zero-order chi connectivity index (χ0) is 31.9. The third-order valence-corrected chi connectivity index (χ3v) is 9.79. The van der Waals surface area contributed by atoms with Crippen LogP contribution in [-0.2, 0) is 32.6 Å². The van der Waals surface area contributed by atoms with E-state index in [-0.39, 0.29) is 42.8 Å². The van der Waals surface area contributed by atoms with E-state index in [9.17, 15) is 23.1 Å². The molecule has 2 amide bonds. The van der Waals surface area contributed by atoms with Crippen molar-refractivity contribution in [1.29, 1.82) is 0 Å². The van der Waals surface area contributed by atoms with Gasteiger partial charge in [-0.1, -0.05) is 61.6 Å². The van der Waals surface area contributed by atoms with E-state index in [0.29, 0.717) is 20.9 Å². The van der Waals surface area contributed by atoms with Gasteiger partial charge >= 0.3 is 6.09 Å². The zero-order valence-corrected chi connectivity index (χ0v) is 26.7. The molecule has 0 saturated heterocycles. The molecule has 4 rings (SSSR count). The number of aliphatic hydroxyl groups is 1. The van der Waals surface area contributed by atoms with Crippen LogP contribution in [0.4, 0.5) is 9.93 Å². The van der Waals surface area contributed by atoms with Crippen LogP contribution in [0.15, 0.2) is 78.0 Å². The Morgan fingerprint density at radius 1 is 1.05 bits per heavy atom. The van der Waals surface area contributed by atoms with Crippen molar-refractivity contribution in [1.82, 2.24) is 19.6 Å². The van der Waals surface area contributed by atoms with E-state index in [2.05, 4.69) is 15.3 Å². The summed E-state index contributed by atoms with van der Waals surface area (Å²) in [5.74, 6) is -0.237. The highest BCUT2D eigenvalue weighted by atomic mass is 32.2. The molecule has 2 aromatic carbocycles. The molecule has 0 bridgehead atoms. The second-order valence-corrected chi connectivity index (χ2v) is 13.8. The molecular formula is C31H37N5O6S2. The predicted molar refractivity (Wildman–Crippen MR) is 170 cm³/mol. The molecule has 2 N–H and O–H groups in total. The largest absolute Gasteiger partial charge is 0.445 e. The second-order valence-electron chi connectivity index (χ2n) is 10.9.